The Hall–Kier alpha value is -4.11. The molecule has 7 aromatic rings. The fourth-order valence-corrected chi connectivity index (χ4v) is 5.60. The molecule has 0 aromatic carbocycles. The summed E-state index contributed by atoms with van der Waals surface area (Å²) in [7, 11) is 0. The second kappa shape index (κ2) is 6.69. The summed E-state index contributed by atoms with van der Waals surface area (Å²) in [6.07, 6.45) is 7.39. The van der Waals surface area contributed by atoms with E-state index in [9.17, 15) is 0 Å². The smallest absolute Gasteiger partial charge is 0.159 e. The van der Waals surface area contributed by atoms with E-state index in [-0.39, 0.29) is 6.04 Å². The van der Waals surface area contributed by atoms with Crippen LogP contribution in [0.4, 0.5) is 0 Å². The van der Waals surface area contributed by atoms with E-state index in [2.05, 4.69) is 61.8 Å². The molecule has 0 atom stereocenters. The summed E-state index contributed by atoms with van der Waals surface area (Å²) in [6.45, 7) is 4.36. The number of hydrogen-bond donors (Lipinski definition) is 2. The molecule has 0 fully saturated rings. The van der Waals surface area contributed by atoms with Crippen molar-refractivity contribution in [2.24, 2.45) is 0 Å². The molecule has 0 saturated carbocycles. The lowest BCUT2D eigenvalue weighted by Crippen LogP contribution is -2.01. The van der Waals surface area contributed by atoms with Crippen LogP contribution in [0.2, 0.25) is 0 Å². The Kier molecular flexibility index (Phi) is 3.74. The van der Waals surface area contributed by atoms with Gasteiger partial charge in [0, 0.05) is 29.2 Å². The summed E-state index contributed by atoms with van der Waals surface area (Å²) in [4.78, 5) is 23.4. The number of thiophene rings is 1. The number of hydrogen-bond acceptors (Lipinski definition) is 6. The van der Waals surface area contributed by atoms with Crippen molar-refractivity contribution in [1.29, 1.82) is 0 Å². The van der Waals surface area contributed by atoms with E-state index in [1.807, 2.05) is 36.9 Å². The van der Waals surface area contributed by atoms with E-state index in [1.165, 1.54) is 0 Å². The zero-order valence-corrected chi connectivity index (χ0v) is 18.7. The molecule has 0 aliphatic carbocycles. The summed E-state index contributed by atoms with van der Waals surface area (Å²) in [5.41, 5.74) is 6.79. The second-order valence-corrected chi connectivity index (χ2v) is 9.42. The maximum absolute atomic E-state index is 4.93. The van der Waals surface area contributed by atoms with Gasteiger partial charge in [0.05, 0.1) is 44.0 Å². The Labute approximate surface area is 190 Å². The molecule has 0 amide bonds. The molecule has 0 saturated heterocycles. The van der Waals surface area contributed by atoms with Crippen LogP contribution in [0, 0.1) is 0 Å². The van der Waals surface area contributed by atoms with Crippen LogP contribution < -0.4 is 0 Å². The molecular formula is C24H18N8S. The standard InChI is InChI=1S/C24H18N8S/c1-12(2)32-14-7-13(9-25-10-14)17-8-15-18(11-27-17)30-31-21(15)24-28-16-5-6-26-23(22(16)29-24)19-3-4-20(32)33-19/h3-12H,1-2H3,(H,28,29)(H,30,31). The Morgan fingerprint density at radius 3 is 2.79 bits per heavy atom. The fraction of sp³-hybridized carbons (Fsp3) is 0.125. The highest BCUT2D eigenvalue weighted by Gasteiger charge is 2.12. The van der Waals surface area contributed by atoms with Crippen LogP contribution in [0.25, 0.3) is 64.6 Å². The van der Waals surface area contributed by atoms with E-state index in [4.69, 9.17) is 9.97 Å². The summed E-state index contributed by atoms with van der Waals surface area (Å²) in [6, 6.07) is 10.6. The summed E-state index contributed by atoms with van der Waals surface area (Å²) >= 11 is 1.70. The number of pyridine rings is 3. The Bertz CT molecular complexity index is 1920. The van der Waals surface area contributed by atoms with Crippen LogP contribution in [0.5, 0.6) is 0 Å². The topological polar surface area (TPSA) is 101 Å². The lowest BCUT2D eigenvalue weighted by molar-refractivity contribution is 0.640. The van der Waals surface area contributed by atoms with Crippen molar-refractivity contribution in [3.8, 4) is 0 Å². The molecule has 2 N–H and O–H groups in total. The predicted octanol–water partition coefficient (Wildman–Crippen LogP) is 5.81. The normalized spacial score (nSPS) is 12.2. The maximum Gasteiger partial charge on any atom is 0.159 e. The van der Waals surface area contributed by atoms with Crippen molar-refractivity contribution in [3.05, 3.63) is 55.1 Å². The van der Waals surface area contributed by atoms with Crippen LogP contribution in [-0.4, -0.2) is 39.7 Å². The van der Waals surface area contributed by atoms with Crippen LogP contribution in [0.1, 0.15) is 19.9 Å². The van der Waals surface area contributed by atoms with E-state index in [0.29, 0.717) is 5.65 Å². The summed E-state index contributed by atoms with van der Waals surface area (Å²) in [5.74, 6) is 0. The lowest BCUT2D eigenvalue weighted by Gasteiger charge is -2.12. The molecule has 0 aliphatic rings. The number of H-pyrrole nitrogens is 2. The van der Waals surface area contributed by atoms with Gasteiger partial charge in [0.2, 0.25) is 0 Å². The first kappa shape index (κ1) is 18.5. The number of rotatable bonds is 1. The molecule has 0 radical (unpaired) electrons. The highest BCUT2D eigenvalue weighted by Crippen LogP contribution is 2.30. The molecule has 33 heavy (non-hydrogen) atoms. The van der Waals surface area contributed by atoms with Crippen molar-refractivity contribution in [1.82, 2.24) is 39.7 Å². The maximum atomic E-state index is 4.93. The van der Waals surface area contributed by atoms with Gasteiger partial charge in [0.1, 0.15) is 16.6 Å². The van der Waals surface area contributed by atoms with Crippen molar-refractivity contribution >= 4 is 75.9 Å². The molecule has 0 spiro atoms. The molecule has 8 bridgehead atoms. The van der Waals surface area contributed by atoms with Gasteiger partial charge in [-0.05, 0) is 44.2 Å². The first-order valence-electron chi connectivity index (χ1n) is 10.7. The molecular weight excluding hydrogens is 432 g/mol. The number of fused-ring (bicyclic) bond motifs is 9. The van der Waals surface area contributed by atoms with E-state index in [0.717, 1.165) is 58.9 Å². The summed E-state index contributed by atoms with van der Waals surface area (Å²) in [5, 5.41) is 9.54. The number of nitrogens with zero attached hydrogens (tertiary/aromatic N) is 6. The molecule has 8 nitrogen and oxygen atoms in total. The minimum Gasteiger partial charge on any atom is -0.336 e. The first-order chi connectivity index (χ1) is 16.2. The average Bonchev–Trinajstić information content (AvgIpc) is 3.55. The molecule has 9 heteroatoms. The molecule has 160 valence electrons. The minimum absolute atomic E-state index is 0.237. The quantitative estimate of drug-likeness (QED) is 0.329. The van der Waals surface area contributed by atoms with Gasteiger partial charge >= 0.3 is 0 Å². The molecule has 0 aliphatic heterocycles. The number of aromatic amines is 2. The summed E-state index contributed by atoms with van der Waals surface area (Å²) < 4.78 is 3.36. The van der Waals surface area contributed by atoms with Gasteiger partial charge in [-0.25, -0.2) is 4.98 Å². The van der Waals surface area contributed by atoms with Gasteiger partial charge in [0.25, 0.3) is 0 Å². The van der Waals surface area contributed by atoms with E-state index >= 15 is 0 Å². The predicted molar refractivity (Wildman–Crippen MR) is 133 cm³/mol. The highest BCUT2D eigenvalue weighted by atomic mass is 32.1. The largest absolute Gasteiger partial charge is 0.336 e. The van der Waals surface area contributed by atoms with Crippen LogP contribution in [0.3, 0.4) is 0 Å². The van der Waals surface area contributed by atoms with Crippen LogP contribution >= 0.6 is 11.3 Å². The second-order valence-electron chi connectivity index (χ2n) is 8.36. The Balaban J connectivity index is 1.80. The number of aromatic nitrogens is 8. The minimum atomic E-state index is 0.237. The molecule has 7 aromatic heterocycles. The Morgan fingerprint density at radius 1 is 0.939 bits per heavy atom. The van der Waals surface area contributed by atoms with Gasteiger partial charge in [0.15, 0.2) is 5.65 Å². The molecule has 7 rings (SSSR count). The van der Waals surface area contributed by atoms with Gasteiger partial charge in [-0.15, -0.1) is 11.3 Å². The third-order valence-electron chi connectivity index (χ3n) is 5.95. The third kappa shape index (κ3) is 2.72. The zero-order valence-electron chi connectivity index (χ0n) is 17.9. The third-order valence-corrected chi connectivity index (χ3v) is 7.04. The van der Waals surface area contributed by atoms with E-state index < -0.39 is 0 Å². The highest BCUT2D eigenvalue weighted by molar-refractivity contribution is 7.23. The van der Waals surface area contributed by atoms with Gasteiger partial charge in [-0.3, -0.25) is 20.1 Å². The van der Waals surface area contributed by atoms with Crippen LogP contribution in [-0.2, 0) is 0 Å². The molecule has 0 unspecified atom stereocenters. The fourth-order valence-electron chi connectivity index (χ4n) is 4.45. The zero-order chi connectivity index (χ0) is 22.1. The van der Waals surface area contributed by atoms with Crippen LogP contribution in [0.15, 0.2) is 55.1 Å². The van der Waals surface area contributed by atoms with Crippen molar-refractivity contribution < 1.29 is 0 Å². The van der Waals surface area contributed by atoms with Gasteiger partial charge < -0.3 is 9.55 Å². The lowest BCUT2D eigenvalue weighted by atomic mass is 10.2. The number of imidazole rings is 1. The van der Waals surface area contributed by atoms with Crippen molar-refractivity contribution in [2.45, 2.75) is 19.9 Å². The monoisotopic (exact) mass is 450 g/mol. The number of nitrogens with one attached hydrogen (secondary N) is 2. The van der Waals surface area contributed by atoms with Gasteiger partial charge in [-0.2, -0.15) is 5.10 Å². The average molecular weight is 451 g/mol. The van der Waals surface area contributed by atoms with E-state index in [1.54, 1.807) is 11.3 Å². The first-order valence-corrected chi connectivity index (χ1v) is 11.5. The molecule has 7 heterocycles. The Morgan fingerprint density at radius 2 is 1.88 bits per heavy atom. The van der Waals surface area contributed by atoms with Gasteiger partial charge in [-0.1, -0.05) is 0 Å². The van der Waals surface area contributed by atoms with Crippen molar-refractivity contribution in [2.75, 3.05) is 0 Å². The van der Waals surface area contributed by atoms with Crippen molar-refractivity contribution in [3.63, 3.8) is 0 Å². The SMILES string of the molecule is CC(C)n1c2cncc(c2)c2cc3c(cn2)[nH]nc3c2nc3c(ccnc3c3ccc1s3)[nH]2.